The summed E-state index contributed by atoms with van der Waals surface area (Å²) in [7, 11) is 0. The van der Waals surface area contributed by atoms with Crippen molar-refractivity contribution >= 4 is 5.91 Å². The van der Waals surface area contributed by atoms with Gasteiger partial charge in [-0.2, -0.15) is 5.10 Å². The van der Waals surface area contributed by atoms with E-state index in [4.69, 9.17) is 4.74 Å². The van der Waals surface area contributed by atoms with Crippen molar-refractivity contribution in [1.29, 1.82) is 0 Å². The molecule has 0 unspecified atom stereocenters. The normalized spacial score (nSPS) is 28.6. The molecule has 98 valence electrons. The third-order valence-corrected chi connectivity index (χ3v) is 3.87. The van der Waals surface area contributed by atoms with Gasteiger partial charge in [-0.1, -0.05) is 0 Å². The van der Waals surface area contributed by atoms with Crippen molar-refractivity contribution in [3.05, 3.63) is 18.0 Å². The number of carbonyl (C=O) groups excluding carboxylic acids is 1. The molecule has 0 spiro atoms. The summed E-state index contributed by atoms with van der Waals surface area (Å²) >= 11 is 0. The SMILES string of the molecule is O=C([C@H]1CCCCO1)N1CCC[C@@H]1c1ccn[nH]1. The first-order chi connectivity index (χ1) is 8.86. The van der Waals surface area contributed by atoms with E-state index in [1.807, 2.05) is 11.0 Å². The summed E-state index contributed by atoms with van der Waals surface area (Å²) in [5, 5.41) is 6.96. The molecule has 2 aliphatic heterocycles. The Morgan fingerprint density at radius 1 is 1.39 bits per heavy atom. The molecule has 3 heterocycles. The van der Waals surface area contributed by atoms with E-state index in [9.17, 15) is 4.79 Å². The summed E-state index contributed by atoms with van der Waals surface area (Å²) in [5.41, 5.74) is 1.04. The summed E-state index contributed by atoms with van der Waals surface area (Å²) in [6.07, 6.45) is 6.64. The topological polar surface area (TPSA) is 58.2 Å². The van der Waals surface area contributed by atoms with E-state index in [2.05, 4.69) is 10.2 Å². The summed E-state index contributed by atoms with van der Waals surface area (Å²) in [5.74, 6) is 0.159. The Labute approximate surface area is 107 Å². The molecular formula is C13H19N3O2. The zero-order valence-electron chi connectivity index (χ0n) is 10.5. The van der Waals surface area contributed by atoms with E-state index in [-0.39, 0.29) is 18.1 Å². The van der Waals surface area contributed by atoms with Gasteiger partial charge in [0, 0.05) is 19.3 Å². The monoisotopic (exact) mass is 249 g/mol. The van der Waals surface area contributed by atoms with Gasteiger partial charge in [0.2, 0.25) is 0 Å². The van der Waals surface area contributed by atoms with Crippen molar-refractivity contribution < 1.29 is 9.53 Å². The van der Waals surface area contributed by atoms with E-state index in [0.29, 0.717) is 0 Å². The van der Waals surface area contributed by atoms with Crippen molar-refractivity contribution in [3.63, 3.8) is 0 Å². The maximum atomic E-state index is 12.5. The van der Waals surface area contributed by atoms with Crippen LogP contribution >= 0.6 is 0 Å². The van der Waals surface area contributed by atoms with Gasteiger partial charge in [0.05, 0.1) is 11.7 Å². The Hall–Kier alpha value is -1.36. The van der Waals surface area contributed by atoms with Crippen molar-refractivity contribution in [2.75, 3.05) is 13.2 Å². The van der Waals surface area contributed by atoms with Crippen molar-refractivity contribution in [2.24, 2.45) is 0 Å². The molecule has 18 heavy (non-hydrogen) atoms. The molecule has 3 rings (SSSR count). The van der Waals surface area contributed by atoms with E-state index < -0.39 is 0 Å². The minimum absolute atomic E-state index is 0.158. The molecule has 0 saturated carbocycles. The number of hydrogen-bond acceptors (Lipinski definition) is 3. The summed E-state index contributed by atoms with van der Waals surface area (Å²) in [6, 6.07) is 2.11. The maximum absolute atomic E-state index is 12.5. The highest BCUT2D eigenvalue weighted by atomic mass is 16.5. The number of hydrogen-bond donors (Lipinski definition) is 1. The maximum Gasteiger partial charge on any atom is 0.252 e. The Bertz CT molecular complexity index is 398. The van der Waals surface area contributed by atoms with Crippen LogP contribution in [0.15, 0.2) is 12.3 Å². The molecule has 2 aliphatic rings. The Morgan fingerprint density at radius 2 is 2.33 bits per heavy atom. The van der Waals surface area contributed by atoms with Crippen LogP contribution in [0.25, 0.3) is 0 Å². The molecule has 1 aromatic heterocycles. The zero-order chi connectivity index (χ0) is 12.4. The van der Waals surface area contributed by atoms with Crippen LogP contribution in [0.2, 0.25) is 0 Å². The first-order valence-corrected chi connectivity index (χ1v) is 6.77. The van der Waals surface area contributed by atoms with Crippen molar-refractivity contribution in [3.8, 4) is 0 Å². The first kappa shape index (κ1) is 11.7. The molecule has 2 saturated heterocycles. The van der Waals surface area contributed by atoms with Crippen LogP contribution in [0.4, 0.5) is 0 Å². The van der Waals surface area contributed by atoms with Gasteiger partial charge in [-0.25, -0.2) is 0 Å². The van der Waals surface area contributed by atoms with Crippen molar-refractivity contribution in [1.82, 2.24) is 15.1 Å². The highest BCUT2D eigenvalue weighted by molar-refractivity contribution is 5.81. The lowest BCUT2D eigenvalue weighted by Gasteiger charge is -2.30. The molecule has 0 aliphatic carbocycles. The molecule has 1 amide bonds. The number of ether oxygens (including phenoxy) is 1. The van der Waals surface area contributed by atoms with E-state index in [1.165, 1.54) is 0 Å². The van der Waals surface area contributed by atoms with E-state index in [0.717, 1.165) is 50.9 Å². The first-order valence-electron chi connectivity index (χ1n) is 6.77. The van der Waals surface area contributed by atoms with Gasteiger partial charge in [0.15, 0.2) is 0 Å². The molecule has 5 nitrogen and oxygen atoms in total. The molecule has 0 bridgehead atoms. The van der Waals surface area contributed by atoms with Crippen LogP contribution in [-0.4, -0.2) is 40.3 Å². The second-order valence-corrected chi connectivity index (χ2v) is 5.06. The van der Waals surface area contributed by atoms with Gasteiger partial charge in [-0.05, 0) is 38.2 Å². The number of H-pyrrole nitrogens is 1. The molecule has 1 N–H and O–H groups in total. The van der Waals surface area contributed by atoms with Crippen LogP contribution in [0, 0.1) is 0 Å². The number of likely N-dealkylation sites (tertiary alicyclic amines) is 1. The predicted molar refractivity (Wildman–Crippen MR) is 65.9 cm³/mol. The van der Waals surface area contributed by atoms with Gasteiger partial charge in [-0.15, -0.1) is 0 Å². The summed E-state index contributed by atoms with van der Waals surface area (Å²) in [4.78, 5) is 14.4. The number of nitrogens with zero attached hydrogens (tertiary/aromatic N) is 2. The molecule has 0 radical (unpaired) electrons. The minimum Gasteiger partial charge on any atom is -0.368 e. The zero-order valence-corrected chi connectivity index (χ0v) is 10.5. The van der Waals surface area contributed by atoms with E-state index >= 15 is 0 Å². The fourth-order valence-electron chi connectivity index (χ4n) is 2.93. The van der Waals surface area contributed by atoms with Crippen LogP contribution < -0.4 is 0 Å². The number of nitrogens with one attached hydrogen (secondary N) is 1. The summed E-state index contributed by atoms with van der Waals surface area (Å²) in [6.45, 7) is 1.56. The van der Waals surface area contributed by atoms with E-state index in [1.54, 1.807) is 6.20 Å². The third-order valence-electron chi connectivity index (χ3n) is 3.87. The number of aromatic nitrogens is 2. The van der Waals surface area contributed by atoms with Gasteiger partial charge < -0.3 is 9.64 Å². The van der Waals surface area contributed by atoms with Crippen LogP contribution in [-0.2, 0) is 9.53 Å². The Kier molecular flexibility index (Phi) is 3.32. The van der Waals surface area contributed by atoms with Crippen LogP contribution in [0.1, 0.15) is 43.8 Å². The largest absolute Gasteiger partial charge is 0.368 e. The predicted octanol–water partition coefficient (Wildman–Crippen LogP) is 1.64. The Morgan fingerprint density at radius 3 is 3.06 bits per heavy atom. The lowest BCUT2D eigenvalue weighted by Crippen LogP contribution is -2.41. The molecule has 1 aromatic rings. The van der Waals surface area contributed by atoms with Gasteiger partial charge in [0.1, 0.15) is 6.10 Å². The molecular weight excluding hydrogens is 230 g/mol. The second-order valence-electron chi connectivity index (χ2n) is 5.06. The highest BCUT2D eigenvalue weighted by Crippen LogP contribution is 2.32. The summed E-state index contributed by atoms with van der Waals surface area (Å²) < 4.78 is 5.60. The van der Waals surface area contributed by atoms with Crippen LogP contribution in [0.5, 0.6) is 0 Å². The number of carbonyl (C=O) groups is 1. The van der Waals surface area contributed by atoms with Crippen molar-refractivity contribution in [2.45, 2.75) is 44.2 Å². The lowest BCUT2D eigenvalue weighted by molar-refractivity contribution is -0.147. The number of aromatic amines is 1. The molecule has 0 aromatic carbocycles. The fourth-order valence-corrected chi connectivity index (χ4v) is 2.93. The van der Waals surface area contributed by atoms with Gasteiger partial charge >= 0.3 is 0 Å². The average molecular weight is 249 g/mol. The highest BCUT2D eigenvalue weighted by Gasteiger charge is 2.35. The third kappa shape index (κ3) is 2.14. The average Bonchev–Trinajstić information content (AvgIpc) is 3.09. The molecule has 2 atom stereocenters. The number of rotatable bonds is 2. The standard InChI is InChI=1S/C13H19N3O2/c17-13(12-5-1-2-9-18-12)16-8-3-4-11(16)10-6-7-14-15-10/h6-7,11-12H,1-5,8-9H2,(H,14,15)/t11-,12-/m1/s1. The molecule has 2 fully saturated rings. The van der Waals surface area contributed by atoms with Crippen LogP contribution in [0.3, 0.4) is 0 Å². The quantitative estimate of drug-likeness (QED) is 0.867. The molecule has 5 heteroatoms. The van der Waals surface area contributed by atoms with Gasteiger partial charge in [-0.3, -0.25) is 9.89 Å². The van der Waals surface area contributed by atoms with Gasteiger partial charge in [0.25, 0.3) is 5.91 Å². The Balaban J connectivity index is 1.72. The second kappa shape index (κ2) is 5.10. The fraction of sp³-hybridized carbons (Fsp3) is 0.692. The minimum atomic E-state index is -0.220. The smallest absolute Gasteiger partial charge is 0.252 e. The lowest BCUT2D eigenvalue weighted by atomic mass is 10.1. The number of amides is 1.